The van der Waals surface area contributed by atoms with Crippen molar-refractivity contribution in [2.75, 3.05) is 31.7 Å². The summed E-state index contributed by atoms with van der Waals surface area (Å²) >= 11 is 0. The molecule has 0 spiro atoms. The molecule has 0 radical (unpaired) electrons. The van der Waals surface area contributed by atoms with Crippen LogP contribution in [0, 0.1) is 0 Å². The summed E-state index contributed by atoms with van der Waals surface area (Å²) in [6.07, 6.45) is -0.574. The van der Waals surface area contributed by atoms with Gasteiger partial charge >= 0.3 is 0 Å². The van der Waals surface area contributed by atoms with Crippen LogP contribution in [0.5, 0.6) is 5.75 Å². The topological polar surface area (TPSA) is 58.6 Å². The minimum absolute atomic E-state index is 0.452. The Morgan fingerprint density at radius 2 is 2.28 bits per heavy atom. The van der Waals surface area contributed by atoms with Crippen molar-refractivity contribution < 1.29 is 14.1 Å². The van der Waals surface area contributed by atoms with Crippen molar-refractivity contribution in [2.45, 2.75) is 13.0 Å². The zero-order valence-electron chi connectivity index (χ0n) is 10.9. The van der Waals surface area contributed by atoms with Crippen LogP contribution in [0.25, 0.3) is 0 Å². The normalized spacial score (nSPS) is 14.2. The molecule has 0 heterocycles. The molecule has 0 aliphatic heterocycles. The van der Waals surface area contributed by atoms with E-state index in [-0.39, 0.29) is 0 Å². The van der Waals surface area contributed by atoms with Gasteiger partial charge in [0.1, 0.15) is 5.75 Å². The number of aliphatic hydroxyl groups is 1. The summed E-state index contributed by atoms with van der Waals surface area (Å²) in [5.74, 6) is 2.04. The Morgan fingerprint density at radius 3 is 2.94 bits per heavy atom. The van der Waals surface area contributed by atoms with Crippen LogP contribution in [-0.2, 0) is 10.8 Å². The summed E-state index contributed by atoms with van der Waals surface area (Å²) in [5, 5.41) is 13.1. The van der Waals surface area contributed by atoms with Crippen molar-refractivity contribution in [3.8, 4) is 5.75 Å². The number of rotatable bonds is 8. The molecule has 102 valence electrons. The predicted octanol–water partition coefficient (Wildman–Crippen LogP) is 1.09. The smallest absolute Gasteiger partial charge is 0.119 e. The van der Waals surface area contributed by atoms with E-state index >= 15 is 0 Å². The van der Waals surface area contributed by atoms with Crippen molar-refractivity contribution in [3.05, 3.63) is 29.8 Å². The first-order valence-electron chi connectivity index (χ1n) is 6.05. The monoisotopic (exact) mass is 271 g/mol. The molecule has 0 bridgehead atoms. The zero-order chi connectivity index (χ0) is 13.4. The molecule has 1 rings (SSSR count). The first-order chi connectivity index (χ1) is 8.67. The van der Waals surface area contributed by atoms with Crippen LogP contribution >= 0.6 is 0 Å². The van der Waals surface area contributed by atoms with E-state index in [1.54, 1.807) is 7.11 Å². The van der Waals surface area contributed by atoms with Crippen molar-refractivity contribution in [2.24, 2.45) is 0 Å². The molecule has 1 aromatic rings. The van der Waals surface area contributed by atoms with E-state index in [0.29, 0.717) is 24.6 Å². The van der Waals surface area contributed by atoms with Gasteiger partial charge in [0, 0.05) is 35.4 Å². The maximum atomic E-state index is 11.2. The Balaban J connectivity index is 2.35. The van der Waals surface area contributed by atoms with Crippen LogP contribution in [0.2, 0.25) is 0 Å². The molecule has 2 N–H and O–H groups in total. The third-order valence-corrected chi connectivity index (χ3v) is 3.95. The molecule has 0 fully saturated rings. The molecule has 2 unspecified atom stereocenters. The third kappa shape index (κ3) is 5.16. The van der Waals surface area contributed by atoms with Crippen molar-refractivity contribution in [1.82, 2.24) is 5.32 Å². The molecule has 0 aliphatic rings. The van der Waals surface area contributed by atoms with Gasteiger partial charge in [-0.15, -0.1) is 0 Å². The second-order valence-corrected chi connectivity index (χ2v) is 5.79. The van der Waals surface area contributed by atoms with E-state index in [1.807, 2.05) is 31.2 Å². The summed E-state index contributed by atoms with van der Waals surface area (Å²) in [6.45, 7) is 3.01. The van der Waals surface area contributed by atoms with E-state index in [9.17, 15) is 9.32 Å². The summed E-state index contributed by atoms with van der Waals surface area (Å²) < 4.78 is 16.3. The fourth-order valence-electron chi connectivity index (χ4n) is 1.54. The number of benzene rings is 1. The van der Waals surface area contributed by atoms with Crippen molar-refractivity contribution in [1.29, 1.82) is 0 Å². The Morgan fingerprint density at radius 1 is 1.50 bits per heavy atom. The van der Waals surface area contributed by atoms with Crippen molar-refractivity contribution >= 4 is 10.8 Å². The Hall–Kier alpha value is -0.910. The molecule has 0 saturated carbocycles. The van der Waals surface area contributed by atoms with Gasteiger partial charge in [-0.2, -0.15) is 0 Å². The molecular formula is C13H21NO3S. The molecule has 0 saturated heterocycles. The number of hydrogen-bond donors (Lipinski definition) is 2. The standard InChI is InChI=1S/C13H21NO3S/c1-3-18(16)8-7-14-10-13(15)11-5-4-6-12(9-11)17-2/h4-6,9,13-15H,3,7-8,10H2,1-2H3. The fourth-order valence-corrected chi connectivity index (χ4v) is 2.20. The van der Waals surface area contributed by atoms with E-state index < -0.39 is 16.9 Å². The van der Waals surface area contributed by atoms with Gasteiger partial charge in [0.05, 0.1) is 13.2 Å². The van der Waals surface area contributed by atoms with Crippen LogP contribution in [0.4, 0.5) is 0 Å². The second kappa shape index (κ2) is 8.24. The van der Waals surface area contributed by atoms with Gasteiger partial charge < -0.3 is 15.2 Å². The van der Waals surface area contributed by atoms with E-state index in [2.05, 4.69) is 5.32 Å². The Labute approximate surface area is 111 Å². The highest BCUT2D eigenvalue weighted by Crippen LogP contribution is 2.18. The van der Waals surface area contributed by atoms with E-state index in [0.717, 1.165) is 11.3 Å². The molecule has 0 aliphatic carbocycles. The summed E-state index contributed by atoms with van der Waals surface area (Å²) in [6, 6.07) is 7.37. The third-order valence-electron chi connectivity index (χ3n) is 2.64. The number of ether oxygens (including phenoxy) is 1. The number of methoxy groups -OCH3 is 1. The average Bonchev–Trinajstić information content (AvgIpc) is 2.43. The lowest BCUT2D eigenvalue weighted by Crippen LogP contribution is -2.26. The van der Waals surface area contributed by atoms with Gasteiger partial charge in [-0.05, 0) is 17.7 Å². The Bertz CT molecular complexity index is 384. The molecule has 2 atom stereocenters. The highest BCUT2D eigenvalue weighted by atomic mass is 32.2. The lowest BCUT2D eigenvalue weighted by molar-refractivity contribution is 0.175. The lowest BCUT2D eigenvalue weighted by Gasteiger charge is -2.13. The quantitative estimate of drug-likeness (QED) is 0.695. The molecule has 4 nitrogen and oxygen atoms in total. The predicted molar refractivity (Wildman–Crippen MR) is 74.4 cm³/mol. The fraction of sp³-hybridized carbons (Fsp3) is 0.538. The summed E-state index contributed by atoms with van der Waals surface area (Å²) in [5.41, 5.74) is 0.818. The largest absolute Gasteiger partial charge is 0.497 e. The van der Waals surface area contributed by atoms with E-state index in [4.69, 9.17) is 4.74 Å². The number of hydrogen-bond acceptors (Lipinski definition) is 4. The van der Waals surface area contributed by atoms with Gasteiger partial charge in [-0.1, -0.05) is 19.1 Å². The molecule has 5 heteroatoms. The van der Waals surface area contributed by atoms with Crippen LogP contribution in [0.15, 0.2) is 24.3 Å². The van der Waals surface area contributed by atoms with Gasteiger partial charge in [-0.25, -0.2) is 0 Å². The summed E-state index contributed by atoms with van der Waals surface area (Å²) in [7, 11) is 0.846. The van der Waals surface area contributed by atoms with Gasteiger partial charge in [0.25, 0.3) is 0 Å². The minimum Gasteiger partial charge on any atom is -0.497 e. The van der Waals surface area contributed by atoms with Crippen LogP contribution in [0.1, 0.15) is 18.6 Å². The molecule has 0 amide bonds. The van der Waals surface area contributed by atoms with Crippen LogP contribution in [-0.4, -0.2) is 41.0 Å². The van der Waals surface area contributed by atoms with Gasteiger partial charge in [0.2, 0.25) is 0 Å². The average molecular weight is 271 g/mol. The zero-order valence-corrected chi connectivity index (χ0v) is 11.7. The summed E-state index contributed by atoms with van der Waals surface area (Å²) in [4.78, 5) is 0. The lowest BCUT2D eigenvalue weighted by atomic mass is 10.1. The highest BCUT2D eigenvalue weighted by Gasteiger charge is 2.07. The van der Waals surface area contributed by atoms with Crippen molar-refractivity contribution in [3.63, 3.8) is 0 Å². The van der Waals surface area contributed by atoms with Gasteiger partial charge in [0.15, 0.2) is 0 Å². The Kier molecular flexibility index (Phi) is 6.93. The molecular weight excluding hydrogens is 250 g/mol. The van der Waals surface area contributed by atoms with E-state index in [1.165, 1.54) is 0 Å². The molecule has 18 heavy (non-hydrogen) atoms. The molecule has 1 aromatic carbocycles. The first kappa shape index (κ1) is 15.1. The van der Waals surface area contributed by atoms with Crippen LogP contribution < -0.4 is 10.1 Å². The maximum absolute atomic E-state index is 11.2. The van der Waals surface area contributed by atoms with Gasteiger partial charge in [-0.3, -0.25) is 4.21 Å². The maximum Gasteiger partial charge on any atom is 0.119 e. The highest BCUT2D eigenvalue weighted by molar-refractivity contribution is 7.84. The first-order valence-corrected chi connectivity index (χ1v) is 7.54. The van der Waals surface area contributed by atoms with Crippen LogP contribution in [0.3, 0.4) is 0 Å². The minimum atomic E-state index is -0.755. The SMILES string of the molecule is CCS(=O)CCNCC(O)c1cccc(OC)c1. The number of aliphatic hydroxyl groups excluding tert-OH is 1. The molecule has 0 aromatic heterocycles. The number of nitrogens with one attached hydrogen (secondary N) is 1. The second-order valence-electron chi connectivity index (χ2n) is 3.93.